The first kappa shape index (κ1) is 12.6. The molecular formula is C11H17BrN4O. The van der Waals surface area contributed by atoms with Crippen LogP contribution in [0.15, 0.2) is 10.7 Å². The van der Waals surface area contributed by atoms with Gasteiger partial charge in [0.1, 0.15) is 10.4 Å². The summed E-state index contributed by atoms with van der Waals surface area (Å²) in [6.07, 6.45) is 3.87. The summed E-state index contributed by atoms with van der Waals surface area (Å²) in [6, 6.07) is 1.66. The molecule has 1 aromatic rings. The molecule has 0 aromatic carbocycles. The van der Waals surface area contributed by atoms with Crippen LogP contribution in [0.3, 0.4) is 0 Å². The molecule has 0 saturated heterocycles. The number of hydrogen-bond donors (Lipinski definition) is 3. The Labute approximate surface area is 109 Å². The lowest BCUT2D eigenvalue weighted by molar-refractivity contribution is 0.104. The minimum absolute atomic E-state index is 0.149. The molecule has 6 heteroatoms. The zero-order valence-electron chi connectivity index (χ0n) is 9.56. The molecule has 1 heterocycles. The second-order valence-electron chi connectivity index (χ2n) is 4.51. The molecular weight excluding hydrogens is 284 g/mol. The van der Waals surface area contributed by atoms with E-state index in [1.54, 1.807) is 6.07 Å². The first-order valence-corrected chi connectivity index (χ1v) is 6.65. The molecule has 1 fully saturated rings. The molecule has 2 atom stereocenters. The van der Waals surface area contributed by atoms with E-state index < -0.39 is 0 Å². The highest BCUT2D eigenvalue weighted by molar-refractivity contribution is 9.10. The van der Waals surface area contributed by atoms with Crippen molar-refractivity contribution < 1.29 is 5.11 Å². The smallest absolute Gasteiger partial charge is 0.225 e. The van der Waals surface area contributed by atoms with Crippen molar-refractivity contribution in [2.45, 2.75) is 31.8 Å². The maximum atomic E-state index is 9.58. The maximum Gasteiger partial charge on any atom is 0.225 e. The molecule has 1 aromatic heterocycles. The first-order chi connectivity index (χ1) is 8.13. The summed E-state index contributed by atoms with van der Waals surface area (Å²) in [6.45, 7) is 0.785. The lowest BCUT2D eigenvalue weighted by Gasteiger charge is -2.25. The summed E-state index contributed by atoms with van der Waals surface area (Å²) in [4.78, 5) is 8.29. The number of rotatable bonds is 3. The zero-order chi connectivity index (χ0) is 12.3. The largest absolute Gasteiger partial charge is 0.393 e. The lowest BCUT2D eigenvalue weighted by Crippen LogP contribution is -2.25. The van der Waals surface area contributed by atoms with Gasteiger partial charge in [0, 0.05) is 12.6 Å². The van der Waals surface area contributed by atoms with Crippen LogP contribution < -0.4 is 11.1 Å². The van der Waals surface area contributed by atoms with Gasteiger partial charge in [-0.15, -0.1) is 0 Å². The summed E-state index contributed by atoms with van der Waals surface area (Å²) >= 11 is 3.28. The van der Waals surface area contributed by atoms with E-state index in [4.69, 9.17) is 5.73 Å². The predicted molar refractivity (Wildman–Crippen MR) is 70.6 cm³/mol. The third-order valence-corrected chi connectivity index (χ3v) is 3.42. The van der Waals surface area contributed by atoms with Crippen molar-refractivity contribution in [3.63, 3.8) is 0 Å². The van der Waals surface area contributed by atoms with E-state index in [1.807, 2.05) is 0 Å². The number of nitrogens with zero attached hydrogens (tertiary/aromatic N) is 2. The van der Waals surface area contributed by atoms with Crippen LogP contribution >= 0.6 is 15.9 Å². The topological polar surface area (TPSA) is 84.1 Å². The van der Waals surface area contributed by atoms with E-state index in [2.05, 4.69) is 31.2 Å². The van der Waals surface area contributed by atoms with Crippen molar-refractivity contribution in [3.05, 3.63) is 10.7 Å². The summed E-state index contributed by atoms with van der Waals surface area (Å²) in [7, 11) is 0. The number of halogens is 1. The summed E-state index contributed by atoms with van der Waals surface area (Å²) in [5.41, 5.74) is 5.63. The highest BCUT2D eigenvalue weighted by atomic mass is 79.9. The average Bonchev–Trinajstić information content (AvgIpc) is 2.25. The van der Waals surface area contributed by atoms with E-state index in [0.29, 0.717) is 22.3 Å². The normalized spacial score (nSPS) is 24.6. The first-order valence-electron chi connectivity index (χ1n) is 5.85. The lowest BCUT2D eigenvalue weighted by atomic mass is 9.87. The van der Waals surface area contributed by atoms with Gasteiger partial charge >= 0.3 is 0 Å². The fraction of sp³-hybridized carbons (Fsp3) is 0.636. The van der Waals surface area contributed by atoms with Crippen LogP contribution in [0.1, 0.15) is 25.7 Å². The Kier molecular flexibility index (Phi) is 4.17. The quantitative estimate of drug-likeness (QED) is 0.741. The Hall–Kier alpha value is -0.880. The molecule has 2 unspecified atom stereocenters. The molecule has 2 rings (SSSR count). The molecule has 4 N–H and O–H groups in total. The number of nitrogen functional groups attached to an aromatic ring is 1. The molecule has 0 amide bonds. The van der Waals surface area contributed by atoms with E-state index in [1.165, 1.54) is 0 Å². The van der Waals surface area contributed by atoms with Crippen molar-refractivity contribution in [2.24, 2.45) is 5.92 Å². The third-order valence-electron chi connectivity index (χ3n) is 3.02. The van der Waals surface area contributed by atoms with E-state index >= 15 is 0 Å². The van der Waals surface area contributed by atoms with Crippen LogP contribution in [0.25, 0.3) is 0 Å². The second kappa shape index (κ2) is 5.64. The van der Waals surface area contributed by atoms with Crippen LogP contribution in [0.2, 0.25) is 0 Å². The maximum absolute atomic E-state index is 9.58. The van der Waals surface area contributed by atoms with Crippen molar-refractivity contribution in [3.8, 4) is 0 Å². The molecule has 1 saturated carbocycles. The third kappa shape index (κ3) is 3.81. The fourth-order valence-corrected chi connectivity index (χ4v) is 2.60. The number of nitrogens with one attached hydrogen (secondary N) is 1. The predicted octanol–water partition coefficient (Wildman–Crippen LogP) is 1.78. The summed E-state index contributed by atoms with van der Waals surface area (Å²) < 4.78 is 0.677. The standard InChI is InChI=1S/C11H17BrN4O/c12-9-5-10(13)16-11(15-9)14-6-7-2-1-3-8(17)4-7/h5,7-8,17H,1-4,6H2,(H3,13,14,15,16). The van der Waals surface area contributed by atoms with Crippen LogP contribution in [-0.2, 0) is 0 Å². The van der Waals surface area contributed by atoms with Crippen molar-refractivity contribution >= 4 is 27.7 Å². The Balaban J connectivity index is 1.88. The molecule has 94 valence electrons. The van der Waals surface area contributed by atoms with E-state index in [-0.39, 0.29) is 6.10 Å². The van der Waals surface area contributed by atoms with E-state index in [9.17, 15) is 5.11 Å². The van der Waals surface area contributed by atoms with Gasteiger partial charge in [0.25, 0.3) is 0 Å². The highest BCUT2D eigenvalue weighted by Crippen LogP contribution is 2.24. The highest BCUT2D eigenvalue weighted by Gasteiger charge is 2.20. The molecule has 5 nitrogen and oxygen atoms in total. The fourth-order valence-electron chi connectivity index (χ4n) is 2.20. The van der Waals surface area contributed by atoms with Gasteiger partial charge in [-0.2, -0.15) is 4.98 Å². The molecule has 1 aliphatic rings. The van der Waals surface area contributed by atoms with Gasteiger partial charge in [-0.05, 0) is 41.1 Å². The average molecular weight is 301 g/mol. The van der Waals surface area contributed by atoms with E-state index in [0.717, 1.165) is 32.2 Å². The van der Waals surface area contributed by atoms with Gasteiger partial charge in [0.05, 0.1) is 6.10 Å². The van der Waals surface area contributed by atoms with Gasteiger partial charge < -0.3 is 16.2 Å². The van der Waals surface area contributed by atoms with Crippen molar-refractivity contribution in [1.29, 1.82) is 0 Å². The molecule has 0 aliphatic heterocycles. The van der Waals surface area contributed by atoms with Crippen LogP contribution in [0.5, 0.6) is 0 Å². The molecule has 0 spiro atoms. The Morgan fingerprint density at radius 2 is 2.29 bits per heavy atom. The minimum atomic E-state index is -0.149. The molecule has 0 radical (unpaired) electrons. The Morgan fingerprint density at radius 1 is 1.47 bits per heavy atom. The number of hydrogen-bond acceptors (Lipinski definition) is 5. The summed E-state index contributed by atoms with van der Waals surface area (Å²) in [5, 5.41) is 12.8. The monoisotopic (exact) mass is 300 g/mol. The van der Waals surface area contributed by atoms with Crippen molar-refractivity contribution in [1.82, 2.24) is 9.97 Å². The summed E-state index contributed by atoms with van der Waals surface area (Å²) in [5.74, 6) is 1.47. The number of aliphatic hydroxyl groups excluding tert-OH is 1. The van der Waals surface area contributed by atoms with Gasteiger partial charge in [0.15, 0.2) is 0 Å². The molecule has 1 aliphatic carbocycles. The number of anilines is 2. The number of aliphatic hydroxyl groups is 1. The Morgan fingerprint density at radius 3 is 3.00 bits per heavy atom. The van der Waals surface area contributed by atoms with Crippen LogP contribution in [0, 0.1) is 5.92 Å². The van der Waals surface area contributed by atoms with Gasteiger partial charge in [-0.3, -0.25) is 0 Å². The second-order valence-corrected chi connectivity index (χ2v) is 5.32. The minimum Gasteiger partial charge on any atom is -0.393 e. The van der Waals surface area contributed by atoms with Crippen LogP contribution in [-0.4, -0.2) is 27.7 Å². The Bertz CT molecular complexity index is 367. The van der Waals surface area contributed by atoms with Gasteiger partial charge in [0.2, 0.25) is 5.95 Å². The van der Waals surface area contributed by atoms with Gasteiger partial charge in [-0.1, -0.05) is 6.42 Å². The van der Waals surface area contributed by atoms with Crippen molar-refractivity contribution in [2.75, 3.05) is 17.6 Å². The van der Waals surface area contributed by atoms with Gasteiger partial charge in [-0.25, -0.2) is 4.98 Å². The number of aromatic nitrogens is 2. The number of nitrogens with two attached hydrogens (primary N) is 1. The SMILES string of the molecule is Nc1cc(Br)nc(NCC2CCCC(O)C2)n1. The van der Waals surface area contributed by atoms with Crippen LogP contribution in [0.4, 0.5) is 11.8 Å². The molecule has 17 heavy (non-hydrogen) atoms. The molecule has 0 bridgehead atoms. The zero-order valence-corrected chi connectivity index (χ0v) is 11.2.